The van der Waals surface area contributed by atoms with E-state index in [4.69, 9.17) is 0 Å². The molecule has 6 heteroatoms. The predicted octanol–water partition coefficient (Wildman–Crippen LogP) is 2.55. The molecule has 1 aromatic heterocycles. The average Bonchev–Trinajstić information content (AvgIpc) is 2.65. The molecule has 0 saturated heterocycles. The highest BCUT2D eigenvalue weighted by Gasteiger charge is 2.09. The minimum absolute atomic E-state index is 0. The number of halogens is 1. The zero-order chi connectivity index (χ0) is 15.1. The molecule has 0 radical (unpaired) electrons. The minimum Gasteiger partial charge on any atom is -0.357 e. The first-order valence-corrected chi connectivity index (χ1v) is 7.53. The summed E-state index contributed by atoms with van der Waals surface area (Å²) in [5.41, 5.74) is 3.66. The Hall–Kier alpha value is -0.790. The summed E-state index contributed by atoms with van der Waals surface area (Å²) < 4.78 is 1.94. The van der Waals surface area contributed by atoms with Crippen LogP contribution in [0.3, 0.4) is 0 Å². The molecule has 0 aromatic carbocycles. The van der Waals surface area contributed by atoms with E-state index in [0.29, 0.717) is 6.04 Å². The van der Waals surface area contributed by atoms with Crippen molar-refractivity contribution < 1.29 is 0 Å². The minimum atomic E-state index is 0. The van der Waals surface area contributed by atoms with Gasteiger partial charge in [0, 0.05) is 31.9 Å². The van der Waals surface area contributed by atoms with E-state index in [1.807, 2.05) is 11.7 Å². The number of nitrogens with one attached hydrogen (secondary N) is 2. The summed E-state index contributed by atoms with van der Waals surface area (Å²) in [5, 5.41) is 11.1. The number of aromatic nitrogens is 2. The van der Waals surface area contributed by atoms with Crippen LogP contribution in [-0.2, 0) is 13.5 Å². The lowest BCUT2D eigenvalue weighted by Gasteiger charge is -2.16. The van der Waals surface area contributed by atoms with Crippen molar-refractivity contribution in [2.24, 2.45) is 12.0 Å². The van der Waals surface area contributed by atoms with Crippen molar-refractivity contribution in [3.63, 3.8) is 0 Å². The number of hydrogen-bond acceptors (Lipinski definition) is 2. The molecule has 0 bridgehead atoms. The quantitative estimate of drug-likeness (QED) is 0.433. The summed E-state index contributed by atoms with van der Waals surface area (Å²) in [6, 6.07) is 0.440. The summed E-state index contributed by atoms with van der Waals surface area (Å²) in [4.78, 5) is 4.65. The Morgan fingerprint density at radius 3 is 2.48 bits per heavy atom. The van der Waals surface area contributed by atoms with Gasteiger partial charge in [-0.2, -0.15) is 5.10 Å². The number of aliphatic imine (C=N–C) groups is 1. The van der Waals surface area contributed by atoms with Crippen molar-refractivity contribution >= 4 is 29.9 Å². The lowest BCUT2D eigenvalue weighted by Crippen LogP contribution is -2.42. The van der Waals surface area contributed by atoms with Crippen molar-refractivity contribution in [3.05, 3.63) is 17.0 Å². The Kier molecular flexibility index (Phi) is 9.65. The van der Waals surface area contributed by atoms with Gasteiger partial charge in [0.2, 0.25) is 0 Å². The van der Waals surface area contributed by atoms with Gasteiger partial charge in [-0.25, -0.2) is 0 Å². The molecule has 21 heavy (non-hydrogen) atoms. The van der Waals surface area contributed by atoms with Crippen LogP contribution >= 0.6 is 24.0 Å². The molecule has 1 unspecified atom stereocenters. The molecule has 1 aromatic rings. The van der Waals surface area contributed by atoms with E-state index in [0.717, 1.165) is 37.6 Å². The molecule has 0 saturated carbocycles. The third kappa shape index (κ3) is 6.23. The smallest absolute Gasteiger partial charge is 0.191 e. The topological polar surface area (TPSA) is 54.2 Å². The van der Waals surface area contributed by atoms with Crippen molar-refractivity contribution in [2.45, 2.75) is 53.5 Å². The van der Waals surface area contributed by atoms with Crippen LogP contribution in [0, 0.1) is 13.8 Å². The van der Waals surface area contributed by atoms with Crippen molar-refractivity contribution in [2.75, 3.05) is 13.1 Å². The van der Waals surface area contributed by atoms with Gasteiger partial charge in [0.25, 0.3) is 0 Å². The van der Waals surface area contributed by atoms with E-state index in [2.05, 4.69) is 55.3 Å². The first kappa shape index (κ1) is 20.2. The van der Waals surface area contributed by atoms with Gasteiger partial charge in [-0.1, -0.05) is 6.92 Å². The monoisotopic (exact) mass is 407 g/mol. The molecule has 0 spiro atoms. The van der Waals surface area contributed by atoms with Crippen molar-refractivity contribution in [3.8, 4) is 0 Å². The van der Waals surface area contributed by atoms with Crippen LogP contribution in [0.5, 0.6) is 0 Å². The second-order valence-corrected chi connectivity index (χ2v) is 5.24. The first-order chi connectivity index (χ1) is 9.49. The lowest BCUT2D eigenvalue weighted by molar-refractivity contribution is 0.624. The zero-order valence-corrected chi connectivity index (χ0v) is 16.5. The van der Waals surface area contributed by atoms with E-state index in [1.165, 1.54) is 11.3 Å². The Labute approximate surface area is 146 Å². The largest absolute Gasteiger partial charge is 0.357 e. The Morgan fingerprint density at radius 1 is 1.33 bits per heavy atom. The van der Waals surface area contributed by atoms with Gasteiger partial charge in [-0.15, -0.1) is 24.0 Å². The highest BCUT2D eigenvalue weighted by Crippen LogP contribution is 2.12. The van der Waals surface area contributed by atoms with Crippen LogP contribution in [0.15, 0.2) is 4.99 Å². The molecule has 5 nitrogen and oxygen atoms in total. The van der Waals surface area contributed by atoms with Crippen LogP contribution in [-0.4, -0.2) is 34.9 Å². The van der Waals surface area contributed by atoms with Gasteiger partial charge >= 0.3 is 0 Å². The summed E-state index contributed by atoms with van der Waals surface area (Å²) in [6.45, 7) is 12.3. The van der Waals surface area contributed by atoms with E-state index in [-0.39, 0.29) is 24.0 Å². The fourth-order valence-corrected chi connectivity index (χ4v) is 2.11. The third-order valence-electron chi connectivity index (χ3n) is 3.63. The molecule has 0 aliphatic carbocycles. The van der Waals surface area contributed by atoms with E-state index in [9.17, 15) is 0 Å². The van der Waals surface area contributed by atoms with Gasteiger partial charge in [0.05, 0.1) is 5.69 Å². The van der Waals surface area contributed by atoms with Gasteiger partial charge < -0.3 is 10.6 Å². The molecule has 0 aliphatic rings. The summed E-state index contributed by atoms with van der Waals surface area (Å²) >= 11 is 0. The number of guanidine groups is 1. The molecule has 1 heterocycles. The van der Waals surface area contributed by atoms with E-state index < -0.39 is 0 Å². The molecule has 2 N–H and O–H groups in total. The predicted molar refractivity (Wildman–Crippen MR) is 101 cm³/mol. The SMILES string of the molecule is CCNC(=NCCc1c(C)nn(C)c1C)NC(C)CC.I. The van der Waals surface area contributed by atoms with Crippen LogP contribution in [0.1, 0.15) is 44.1 Å². The molecule has 0 fully saturated rings. The number of rotatable bonds is 6. The summed E-state index contributed by atoms with van der Waals surface area (Å²) in [5.74, 6) is 0.904. The Bertz CT molecular complexity index is 453. The average molecular weight is 407 g/mol. The van der Waals surface area contributed by atoms with Crippen LogP contribution < -0.4 is 10.6 Å². The fourth-order valence-electron chi connectivity index (χ4n) is 2.11. The molecule has 1 rings (SSSR count). The lowest BCUT2D eigenvalue weighted by atomic mass is 10.1. The zero-order valence-electron chi connectivity index (χ0n) is 14.2. The van der Waals surface area contributed by atoms with Gasteiger partial charge in [0.15, 0.2) is 5.96 Å². The molecular weight excluding hydrogens is 377 g/mol. The highest BCUT2D eigenvalue weighted by atomic mass is 127. The fraction of sp³-hybridized carbons (Fsp3) is 0.733. The normalized spacial score (nSPS) is 12.8. The maximum atomic E-state index is 4.65. The molecule has 0 aliphatic heterocycles. The molecule has 0 amide bonds. The molecular formula is C15H30IN5. The summed E-state index contributed by atoms with van der Waals surface area (Å²) in [6.07, 6.45) is 2.02. The number of aryl methyl sites for hydroxylation is 2. The van der Waals surface area contributed by atoms with E-state index in [1.54, 1.807) is 0 Å². The molecule has 1 atom stereocenters. The van der Waals surface area contributed by atoms with Crippen LogP contribution in [0.4, 0.5) is 0 Å². The van der Waals surface area contributed by atoms with E-state index >= 15 is 0 Å². The third-order valence-corrected chi connectivity index (χ3v) is 3.63. The van der Waals surface area contributed by atoms with Gasteiger partial charge in [-0.3, -0.25) is 9.67 Å². The second kappa shape index (κ2) is 10.0. The standard InChI is InChI=1S/C15H29N5.HI/c1-7-11(3)18-15(16-8-2)17-10-9-14-12(4)19-20(6)13(14)5;/h11H,7-10H2,1-6H3,(H2,16,17,18);1H. The second-order valence-electron chi connectivity index (χ2n) is 5.24. The highest BCUT2D eigenvalue weighted by molar-refractivity contribution is 14.0. The maximum absolute atomic E-state index is 4.65. The Balaban J connectivity index is 0.00000400. The van der Waals surface area contributed by atoms with Gasteiger partial charge in [0.1, 0.15) is 0 Å². The van der Waals surface area contributed by atoms with Gasteiger partial charge in [-0.05, 0) is 46.1 Å². The van der Waals surface area contributed by atoms with Crippen molar-refractivity contribution in [1.29, 1.82) is 0 Å². The van der Waals surface area contributed by atoms with Crippen LogP contribution in [0.2, 0.25) is 0 Å². The first-order valence-electron chi connectivity index (χ1n) is 7.53. The summed E-state index contributed by atoms with van der Waals surface area (Å²) in [7, 11) is 1.99. The molecule has 122 valence electrons. The number of hydrogen-bond donors (Lipinski definition) is 2. The number of nitrogens with zero attached hydrogens (tertiary/aromatic N) is 3. The maximum Gasteiger partial charge on any atom is 0.191 e. The Morgan fingerprint density at radius 2 is 2.00 bits per heavy atom. The van der Waals surface area contributed by atoms with Crippen LogP contribution in [0.25, 0.3) is 0 Å². The van der Waals surface area contributed by atoms with Crippen molar-refractivity contribution in [1.82, 2.24) is 20.4 Å².